The Labute approximate surface area is 152 Å². The predicted molar refractivity (Wildman–Crippen MR) is 95.9 cm³/mol. The summed E-state index contributed by atoms with van der Waals surface area (Å²) in [7, 11) is 0. The maximum Gasteiger partial charge on any atom is 0.361 e. The molecule has 0 radical (unpaired) electrons. The lowest BCUT2D eigenvalue weighted by atomic mass is 9.96. The van der Waals surface area contributed by atoms with Crippen molar-refractivity contribution in [2.45, 2.75) is 24.3 Å². The van der Waals surface area contributed by atoms with Crippen LogP contribution in [0, 0.1) is 6.92 Å². The number of Topliss-reactive ketones (excluding diaryl/α,β-unsaturated/α-hetero) is 1. The van der Waals surface area contributed by atoms with Crippen molar-refractivity contribution in [3.63, 3.8) is 0 Å². The van der Waals surface area contributed by atoms with Crippen LogP contribution in [0.4, 0.5) is 0 Å². The Morgan fingerprint density at radius 2 is 1.92 bits per heavy atom. The van der Waals surface area contributed by atoms with Gasteiger partial charge in [0.15, 0.2) is 11.4 Å². The molecule has 0 amide bonds. The van der Waals surface area contributed by atoms with Gasteiger partial charge in [0.1, 0.15) is 5.75 Å². The van der Waals surface area contributed by atoms with Gasteiger partial charge in [-0.25, -0.2) is 4.18 Å². The summed E-state index contributed by atoms with van der Waals surface area (Å²) < 4.78 is 22.9. The van der Waals surface area contributed by atoms with Crippen molar-refractivity contribution in [3.05, 3.63) is 58.6 Å². The number of benzene rings is 2. The van der Waals surface area contributed by atoms with Gasteiger partial charge in [-0.1, -0.05) is 29.3 Å². The molecule has 24 heavy (non-hydrogen) atoms. The van der Waals surface area contributed by atoms with Crippen molar-refractivity contribution in [1.82, 2.24) is 0 Å². The molecule has 126 valence electrons. The van der Waals surface area contributed by atoms with E-state index in [4.69, 9.17) is 20.0 Å². The first-order valence-corrected chi connectivity index (χ1v) is 9.57. The van der Waals surface area contributed by atoms with Crippen molar-refractivity contribution < 1.29 is 17.4 Å². The number of aryl methyl sites for hydroxylation is 1. The smallest absolute Gasteiger partial charge is 0.361 e. The van der Waals surface area contributed by atoms with Gasteiger partial charge in [0.2, 0.25) is 0 Å². The molecule has 4 nitrogen and oxygen atoms in total. The number of halogens is 1. The van der Waals surface area contributed by atoms with Crippen molar-refractivity contribution in [3.8, 4) is 5.75 Å². The van der Waals surface area contributed by atoms with Gasteiger partial charge in [-0.05, 0) is 44.2 Å². The fraction of sp³-hybridized carbons (Fsp3) is 0.235. The van der Waals surface area contributed by atoms with Gasteiger partial charge in [-0.15, -0.1) is 11.8 Å². The third-order valence-corrected chi connectivity index (χ3v) is 6.02. The van der Waals surface area contributed by atoms with Gasteiger partial charge >= 0.3 is 11.4 Å². The van der Waals surface area contributed by atoms with Gasteiger partial charge < -0.3 is 4.18 Å². The van der Waals surface area contributed by atoms with Gasteiger partial charge in [-0.2, -0.15) is 4.21 Å². The third kappa shape index (κ3) is 3.67. The Morgan fingerprint density at radius 3 is 2.62 bits per heavy atom. The van der Waals surface area contributed by atoms with Gasteiger partial charge in [0, 0.05) is 21.2 Å². The van der Waals surface area contributed by atoms with Crippen LogP contribution in [0.2, 0.25) is 5.02 Å². The summed E-state index contributed by atoms with van der Waals surface area (Å²) >= 11 is 5.32. The number of ketones is 1. The molecule has 2 aromatic carbocycles. The van der Waals surface area contributed by atoms with Crippen molar-refractivity contribution in [2.24, 2.45) is 0 Å². The predicted octanol–water partition coefficient (Wildman–Crippen LogP) is 4.37. The summed E-state index contributed by atoms with van der Waals surface area (Å²) in [6, 6.07) is 12.2. The molecular weight excluding hydrogens is 368 g/mol. The van der Waals surface area contributed by atoms with Crippen LogP contribution in [-0.4, -0.2) is 21.3 Å². The minimum absolute atomic E-state index is 0.228. The average molecular weight is 383 g/mol. The van der Waals surface area contributed by atoms with Crippen molar-refractivity contribution >= 4 is 40.5 Å². The van der Waals surface area contributed by atoms with E-state index in [1.807, 2.05) is 19.1 Å². The highest BCUT2D eigenvalue weighted by molar-refractivity contribution is 7.99. The molecule has 1 heterocycles. The average Bonchev–Trinajstić information content (AvgIpc) is 2.53. The Morgan fingerprint density at radius 1 is 1.21 bits per heavy atom. The standard InChI is InChI=1S/C17H15ClO4S2/c1-11-3-6-13(7-4-11)21-24(20)22-17(2)10-23-15-9-12(18)5-8-14(15)16(17)19/h3-9H,10H2,1-2H3. The molecule has 0 spiro atoms. The number of hydrogen-bond acceptors (Lipinski definition) is 5. The van der Waals surface area contributed by atoms with Gasteiger partial charge in [0.25, 0.3) is 0 Å². The quantitative estimate of drug-likeness (QED) is 0.785. The van der Waals surface area contributed by atoms with E-state index in [0.29, 0.717) is 22.1 Å². The summed E-state index contributed by atoms with van der Waals surface area (Å²) in [4.78, 5) is 13.5. The summed E-state index contributed by atoms with van der Waals surface area (Å²) in [6.45, 7) is 3.57. The Balaban J connectivity index is 1.74. The Bertz CT molecular complexity index is 807. The lowest BCUT2D eigenvalue weighted by Gasteiger charge is -2.31. The second-order valence-electron chi connectivity index (χ2n) is 5.67. The van der Waals surface area contributed by atoms with E-state index in [2.05, 4.69) is 0 Å². The van der Waals surface area contributed by atoms with E-state index in [0.717, 1.165) is 10.5 Å². The van der Waals surface area contributed by atoms with E-state index < -0.39 is 17.0 Å². The minimum atomic E-state index is -2.08. The first-order valence-electron chi connectivity index (χ1n) is 7.21. The molecule has 0 aromatic heterocycles. The Kier molecular flexibility index (Phi) is 5.01. The number of rotatable bonds is 4. The normalized spacial score (nSPS) is 21.2. The zero-order valence-corrected chi connectivity index (χ0v) is 15.5. The molecule has 0 N–H and O–H groups in total. The maximum absolute atomic E-state index is 12.7. The third-order valence-electron chi connectivity index (χ3n) is 3.61. The lowest BCUT2D eigenvalue weighted by molar-refractivity contribution is 0.0607. The van der Waals surface area contributed by atoms with Gasteiger partial charge in [0.05, 0.1) is 0 Å². The second kappa shape index (κ2) is 6.88. The van der Waals surface area contributed by atoms with Crippen LogP contribution < -0.4 is 4.18 Å². The van der Waals surface area contributed by atoms with Crippen LogP contribution in [0.5, 0.6) is 5.75 Å². The molecule has 1 aliphatic rings. The van der Waals surface area contributed by atoms with E-state index >= 15 is 0 Å². The molecule has 2 unspecified atom stereocenters. The summed E-state index contributed by atoms with van der Waals surface area (Å²) in [5.41, 5.74) is 0.363. The SMILES string of the molecule is Cc1ccc(OS(=O)OC2(C)CSc3cc(Cl)ccc3C2=O)cc1. The molecule has 0 aliphatic carbocycles. The molecule has 1 aliphatic heterocycles. The first-order chi connectivity index (χ1) is 11.4. The molecule has 2 aromatic rings. The maximum atomic E-state index is 12.7. The highest BCUT2D eigenvalue weighted by atomic mass is 35.5. The van der Waals surface area contributed by atoms with Crippen molar-refractivity contribution in [2.75, 3.05) is 5.75 Å². The molecule has 0 saturated heterocycles. The zero-order valence-electron chi connectivity index (χ0n) is 13.1. The summed E-state index contributed by atoms with van der Waals surface area (Å²) in [5, 5.41) is 0.574. The highest BCUT2D eigenvalue weighted by Crippen LogP contribution is 2.38. The van der Waals surface area contributed by atoms with E-state index in [9.17, 15) is 9.00 Å². The van der Waals surface area contributed by atoms with E-state index in [-0.39, 0.29) is 5.78 Å². The van der Waals surface area contributed by atoms with Crippen molar-refractivity contribution in [1.29, 1.82) is 0 Å². The molecule has 0 saturated carbocycles. The molecule has 0 bridgehead atoms. The summed E-state index contributed by atoms with van der Waals surface area (Å²) in [5.74, 6) is 0.529. The van der Waals surface area contributed by atoms with Crippen LogP contribution in [-0.2, 0) is 15.5 Å². The van der Waals surface area contributed by atoms with E-state index in [1.165, 1.54) is 11.8 Å². The molecule has 2 atom stereocenters. The number of carbonyl (C=O) groups is 1. The van der Waals surface area contributed by atoms with Crippen LogP contribution in [0.15, 0.2) is 47.4 Å². The number of fused-ring (bicyclic) bond motifs is 1. The molecular formula is C17H15ClO4S2. The second-order valence-corrected chi connectivity index (χ2v) is 7.87. The highest BCUT2D eigenvalue weighted by Gasteiger charge is 2.42. The van der Waals surface area contributed by atoms with E-state index in [1.54, 1.807) is 37.3 Å². The number of carbonyl (C=O) groups excluding carboxylic acids is 1. The largest absolute Gasteiger partial charge is 0.380 e. The monoisotopic (exact) mass is 382 g/mol. The first kappa shape index (κ1) is 17.5. The minimum Gasteiger partial charge on any atom is -0.380 e. The van der Waals surface area contributed by atoms with Crippen LogP contribution >= 0.6 is 23.4 Å². The van der Waals surface area contributed by atoms with Crippen LogP contribution in [0.1, 0.15) is 22.8 Å². The molecule has 0 fully saturated rings. The topological polar surface area (TPSA) is 52.6 Å². The number of thioether (sulfide) groups is 1. The zero-order chi connectivity index (χ0) is 17.3. The summed E-state index contributed by atoms with van der Waals surface area (Å²) in [6.07, 6.45) is 0. The molecule has 3 rings (SSSR count). The van der Waals surface area contributed by atoms with Crippen LogP contribution in [0.3, 0.4) is 0 Å². The van der Waals surface area contributed by atoms with Crippen LogP contribution in [0.25, 0.3) is 0 Å². The Hall–Kier alpha value is -1.34. The number of hydrogen-bond donors (Lipinski definition) is 0. The molecule has 7 heteroatoms. The fourth-order valence-corrected chi connectivity index (χ4v) is 4.47. The van der Waals surface area contributed by atoms with Gasteiger partial charge in [-0.3, -0.25) is 4.79 Å². The fourth-order valence-electron chi connectivity index (χ4n) is 2.27. The lowest BCUT2D eigenvalue weighted by Crippen LogP contribution is -2.44.